The van der Waals surface area contributed by atoms with Crippen molar-refractivity contribution in [1.82, 2.24) is 10.3 Å². The number of thiazole rings is 1. The molecule has 1 aromatic heterocycles. The van der Waals surface area contributed by atoms with Crippen molar-refractivity contribution in [3.05, 3.63) is 52.0 Å². The summed E-state index contributed by atoms with van der Waals surface area (Å²) < 4.78 is 0. The van der Waals surface area contributed by atoms with Crippen LogP contribution in [0.25, 0.3) is 6.08 Å². The van der Waals surface area contributed by atoms with Gasteiger partial charge < -0.3 is 10.4 Å². The molecule has 0 atom stereocenters. The van der Waals surface area contributed by atoms with E-state index in [0.717, 1.165) is 22.6 Å². The maximum absolute atomic E-state index is 11.6. The summed E-state index contributed by atoms with van der Waals surface area (Å²) in [7, 11) is 0. The van der Waals surface area contributed by atoms with Gasteiger partial charge in [-0.25, -0.2) is 4.98 Å². The highest BCUT2D eigenvalue weighted by atomic mass is 32.1. The molecular formula is C15H16N2O2S. The Kier molecular flexibility index (Phi) is 4.90. The number of rotatable bonds is 5. The number of aromatic nitrogens is 1. The van der Waals surface area contributed by atoms with Crippen molar-refractivity contribution in [2.45, 2.75) is 13.3 Å². The van der Waals surface area contributed by atoms with Gasteiger partial charge in [-0.05, 0) is 37.1 Å². The fraction of sp³-hybridized carbons (Fsp3) is 0.200. The zero-order chi connectivity index (χ0) is 14.4. The van der Waals surface area contributed by atoms with E-state index in [9.17, 15) is 9.90 Å². The summed E-state index contributed by atoms with van der Waals surface area (Å²) in [6, 6.07) is 6.98. The molecule has 0 aliphatic rings. The minimum absolute atomic E-state index is 0.114. The maximum Gasteiger partial charge on any atom is 0.244 e. The van der Waals surface area contributed by atoms with Crippen LogP contribution in [0.1, 0.15) is 16.1 Å². The third-order valence-electron chi connectivity index (χ3n) is 2.82. The topological polar surface area (TPSA) is 62.2 Å². The van der Waals surface area contributed by atoms with Gasteiger partial charge >= 0.3 is 0 Å². The largest absolute Gasteiger partial charge is 0.508 e. The van der Waals surface area contributed by atoms with Gasteiger partial charge in [0.2, 0.25) is 5.91 Å². The smallest absolute Gasteiger partial charge is 0.244 e. The Balaban J connectivity index is 1.77. The molecule has 2 aromatic rings. The molecule has 0 saturated heterocycles. The number of hydrogen-bond acceptors (Lipinski definition) is 4. The molecule has 1 heterocycles. The van der Waals surface area contributed by atoms with E-state index < -0.39 is 0 Å². The summed E-state index contributed by atoms with van der Waals surface area (Å²) in [4.78, 5) is 16.8. The van der Waals surface area contributed by atoms with E-state index in [-0.39, 0.29) is 11.7 Å². The number of phenols is 1. The molecule has 0 unspecified atom stereocenters. The van der Waals surface area contributed by atoms with Crippen LogP contribution in [0.5, 0.6) is 5.75 Å². The molecule has 4 nitrogen and oxygen atoms in total. The Bertz CT molecular complexity index is 603. The molecule has 2 N–H and O–H groups in total. The lowest BCUT2D eigenvalue weighted by atomic mass is 10.1. The van der Waals surface area contributed by atoms with Crippen molar-refractivity contribution in [3.63, 3.8) is 0 Å². The Labute approximate surface area is 121 Å². The van der Waals surface area contributed by atoms with Crippen molar-refractivity contribution in [2.75, 3.05) is 6.54 Å². The monoisotopic (exact) mass is 288 g/mol. The van der Waals surface area contributed by atoms with Crippen LogP contribution in [0.4, 0.5) is 0 Å². The Hall–Kier alpha value is -2.14. The molecule has 1 amide bonds. The average molecular weight is 288 g/mol. The van der Waals surface area contributed by atoms with Gasteiger partial charge in [0.15, 0.2) is 0 Å². The summed E-state index contributed by atoms with van der Waals surface area (Å²) >= 11 is 1.51. The summed E-state index contributed by atoms with van der Waals surface area (Å²) in [6.45, 7) is 2.48. The summed E-state index contributed by atoms with van der Waals surface area (Å²) in [5, 5.41) is 12.0. The van der Waals surface area contributed by atoms with Crippen LogP contribution in [0, 0.1) is 6.92 Å². The number of carbonyl (C=O) groups excluding carboxylic acids is 1. The van der Waals surface area contributed by atoms with Crippen molar-refractivity contribution >= 4 is 23.3 Å². The van der Waals surface area contributed by atoms with Gasteiger partial charge in [0.25, 0.3) is 0 Å². The first-order valence-corrected chi connectivity index (χ1v) is 7.17. The normalized spacial score (nSPS) is 10.8. The molecule has 0 aliphatic carbocycles. The molecule has 5 heteroatoms. The van der Waals surface area contributed by atoms with E-state index in [1.54, 1.807) is 23.7 Å². The standard InChI is InChI=1S/C15H16N2O2S/c1-11-14(20-10-17-11)6-7-15(19)16-9-8-12-2-4-13(18)5-3-12/h2-7,10,18H,8-9H2,1H3,(H,16,19)/b7-6+. The molecule has 0 fully saturated rings. The van der Waals surface area contributed by atoms with Crippen LogP contribution in [0.15, 0.2) is 35.9 Å². The van der Waals surface area contributed by atoms with Crippen LogP contribution in [-0.4, -0.2) is 22.5 Å². The van der Waals surface area contributed by atoms with Crippen LogP contribution in [-0.2, 0) is 11.2 Å². The highest BCUT2D eigenvalue weighted by molar-refractivity contribution is 7.10. The molecule has 1 aromatic carbocycles. The SMILES string of the molecule is Cc1ncsc1/C=C/C(=O)NCCc1ccc(O)cc1. The molecule has 0 spiro atoms. The first kappa shape index (κ1) is 14.3. The molecule has 0 saturated carbocycles. The number of aromatic hydroxyl groups is 1. The summed E-state index contributed by atoms with van der Waals surface area (Å²) in [5.74, 6) is 0.136. The molecule has 2 rings (SSSR count). The zero-order valence-corrected chi connectivity index (χ0v) is 12.0. The number of aryl methyl sites for hydroxylation is 1. The van der Waals surface area contributed by atoms with Crippen molar-refractivity contribution < 1.29 is 9.90 Å². The number of phenolic OH excluding ortho intramolecular Hbond substituents is 1. The lowest BCUT2D eigenvalue weighted by Crippen LogP contribution is -2.23. The average Bonchev–Trinajstić information content (AvgIpc) is 2.84. The first-order chi connectivity index (χ1) is 9.65. The van der Waals surface area contributed by atoms with Gasteiger partial charge in [0, 0.05) is 17.5 Å². The fourth-order valence-electron chi connectivity index (χ4n) is 1.67. The van der Waals surface area contributed by atoms with Gasteiger partial charge in [0.1, 0.15) is 5.75 Å². The minimum Gasteiger partial charge on any atom is -0.508 e. The summed E-state index contributed by atoms with van der Waals surface area (Å²) in [6.07, 6.45) is 4.04. The van der Waals surface area contributed by atoms with Gasteiger partial charge in [-0.2, -0.15) is 0 Å². The summed E-state index contributed by atoms with van der Waals surface area (Å²) in [5.41, 5.74) is 3.77. The molecule has 0 aliphatic heterocycles. The van der Waals surface area contributed by atoms with E-state index >= 15 is 0 Å². The number of nitrogens with zero attached hydrogens (tertiary/aromatic N) is 1. The number of carbonyl (C=O) groups is 1. The number of amides is 1. The van der Waals surface area contributed by atoms with Gasteiger partial charge in [-0.15, -0.1) is 11.3 Å². The lowest BCUT2D eigenvalue weighted by molar-refractivity contribution is -0.116. The third kappa shape index (κ3) is 4.20. The second-order valence-electron chi connectivity index (χ2n) is 4.34. The van der Waals surface area contributed by atoms with E-state index in [0.29, 0.717) is 6.54 Å². The van der Waals surface area contributed by atoms with Crippen molar-refractivity contribution in [2.24, 2.45) is 0 Å². The molecule has 0 bridgehead atoms. The number of benzene rings is 1. The van der Waals surface area contributed by atoms with E-state index in [1.807, 2.05) is 19.1 Å². The Morgan fingerprint density at radius 2 is 2.15 bits per heavy atom. The second kappa shape index (κ2) is 6.86. The van der Waals surface area contributed by atoms with Gasteiger partial charge in [0.05, 0.1) is 11.2 Å². The molecular weight excluding hydrogens is 272 g/mol. The zero-order valence-electron chi connectivity index (χ0n) is 11.2. The van der Waals surface area contributed by atoms with Crippen LogP contribution in [0.2, 0.25) is 0 Å². The van der Waals surface area contributed by atoms with Crippen molar-refractivity contribution in [1.29, 1.82) is 0 Å². The predicted octanol–water partition coefficient (Wildman–Crippen LogP) is 2.53. The Morgan fingerprint density at radius 3 is 2.80 bits per heavy atom. The van der Waals surface area contributed by atoms with Crippen molar-refractivity contribution in [3.8, 4) is 5.75 Å². The quantitative estimate of drug-likeness (QED) is 0.831. The number of hydrogen-bond donors (Lipinski definition) is 2. The van der Waals surface area contributed by atoms with Crippen LogP contribution < -0.4 is 5.32 Å². The van der Waals surface area contributed by atoms with Crippen LogP contribution >= 0.6 is 11.3 Å². The van der Waals surface area contributed by atoms with E-state index in [2.05, 4.69) is 10.3 Å². The fourth-order valence-corrected chi connectivity index (χ4v) is 2.37. The first-order valence-electron chi connectivity index (χ1n) is 6.29. The maximum atomic E-state index is 11.6. The van der Waals surface area contributed by atoms with E-state index in [4.69, 9.17) is 0 Å². The third-order valence-corrected chi connectivity index (χ3v) is 3.71. The van der Waals surface area contributed by atoms with E-state index in [1.165, 1.54) is 17.4 Å². The molecule has 0 radical (unpaired) electrons. The Morgan fingerprint density at radius 1 is 1.40 bits per heavy atom. The lowest BCUT2D eigenvalue weighted by Gasteiger charge is -2.02. The highest BCUT2D eigenvalue weighted by Gasteiger charge is 1.99. The molecule has 104 valence electrons. The second-order valence-corrected chi connectivity index (χ2v) is 5.23. The van der Waals surface area contributed by atoms with Gasteiger partial charge in [-0.3, -0.25) is 4.79 Å². The number of nitrogens with one attached hydrogen (secondary N) is 1. The highest BCUT2D eigenvalue weighted by Crippen LogP contribution is 2.13. The van der Waals surface area contributed by atoms with Crippen LogP contribution in [0.3, 0.4) is 0 Å². The minimum atomic E-state index is -0.114. The predicted molar refractivity (Wildman–Crippen MR) is 80.7 cm³/mol. The molecule has 20 heavy (non-hydrogen) atoms. The van der Waals surface area contributed by atoms with Gasteiger partial charge in [-0.1, -0.05) is 12.1 Å².